The molecule has 1 aliphatic rings. The first-order chi connectivity index (χ1) is 11.6. The molecule has 1 aromatic heterocycles. The summed E-state index contributed by atoms with van der Waals surface area (Å²) in [6.45, 7) is 4.43. The quantitative estimate of drug-likeness (QED) is 0.771. The largest absolute Gasteiger partial charge is 0.451 e. The van der Waals surface area contributed by atoms with Crippen molar-refractivity contribution in [1.29, 1.82) is 0 Å². The molecule has 2 heterocycles. The Morgan fingerprint density at radius 3 is 2.83 bits per heavy atom. The predicted octanol–water partition coefficient (Wildman–Crippen LogP) is 4.13. The van der Waals surface area contributed by atoms with Gasteiger partial charge in [0.25, 0.3) is 5.91 Å². The second kappa shape index (κ2) is 7.40. The lowest BCUT2D eigenvalue weighted by Gasteiger charge is -2.22. The Morgan fingerprint density at radius 2 is 2.08 bits per heavy atom. The number of carbonyl (C=O) groups excluding carboxylic acids is 2. The van der Waals surface area contributed by atoms with Crippen LogP contribution in [0, 0.1) is 6.92 Å². The number of thiophene rings is 1. The van der Waals surface area contributed by atoms with Gasteiger partial charge in [0.2, 0.25) is 0 Å². The molecule has 1 atom stereocenters. The summed E-state index contributed by atoms with van der Waals surface area (Å²) in [5, 5.41) is 2.29. The molecule has 6 heteroatoms. The first-order valence-electron chi connectivity index (χ1n) is 7.83. The van der Waals surface area contributed by atoms with Crippen molar-refractivity contribution in [2.45, 2.75) is 30.4 Å². The van der Waals surface area contributed by atoms with Crippen LogP contribution in [0.4, 0.5) is 5.69 Å². The molecule has 0 aliphatic carbocycles. The molecule has 1 aliphatic heterocycles. The van der Waals surface area contributed by atoms with Gasteiger partial charge in [-0.1, -0.05) is 19.1 Å². The first-order valence-corrected chi connectivity index (χ1v) is 9.59. The van der Waals surface area contributed by atoms with Crippen molar-refractivity contribution in [2.24, 2.45) is 0 Å². The smallest absolute Gasteiger partial charge is 0.349 e. The minimum Gasteiger partial charge on any atom is -0.451 e. The van der Waals surface area contributed by atoms with Crippen molar-refractivity contribution in [2.75, 3.05) is 18.1 Å². The van der Waals surface area contributed by atoms with Gasteiger partial charge in [-0.25, -0.2) is 4.79 Å². The van der Waals surface area contributed by atoms with Crippen molar-refractivity contribution in [3.05, 3.63) is 46.2 Å². The van der Waals surface area contributed by atoms with Gasteiger partial charge in [-0.3, -0.25) is 4.79 Å². The average molecular weight is 361 g/mol. The summed E-state index contributed by atoms with van der Waals surface area (Å²) >= 11 is 3.11. The number of carbonyl (C=O) groups is 2. The molecule has 0 saturated carbocycles. The lowest BCUT2D eigenvalue weighted by atomic mass is 10.2. The molecule has 2 aromatic rings. The number of ether oxygens (including phenoxy) is 1. The van der Waals surface area contributed by atoms with Crippen LogP contribution in [-0.4, -0.2) is 30.3 Å². The van der Waals surface area contributed by atoms with E-state index in [1.165, 1.54) is 11.3 Å². The van der Waals surface area contributed by atoms with E-state index in [-0.39, 0.29) is 12.5 Å². The van der Waals surface area contributed by atoms with Crippen LogP contribution >= 0.6 is 23.1 Å². The molecular weight excluding hydrogens is 342 g/mol. The third kappa shape index (κ3) is 3.65. The molecule has 0 fully saturated rings. The zero-order valence-corrected chi connectivity index (χ0v) is 15.3. The Balaban J connectivity index is 1.71. The Hall–Kier alpha value is -1.79. The van der Waals surface area contributed by atoms with Gasteiger partial charge in [0.15, 0.2) is 6.61 Å². The van der Waals surface area contributed by atoms with Gasteiger partial charge in [-0.2, -0.15) is 0 Å². The number of anilines is 1. The third-order valence-electron chi connectivity index (χ3n) is 3.92. The minimum absolute atomic E-state index is 0.181. The Kier molecular flexibility index (Phi) is 5.26. The normalized spacial score (nSPS) is 17.1. The van der Waals surface area contributed by atoms with Crippen molar-refractivity contribution in [3.8, 4) is 0 Å². The van der Waals surface area contributed by atoms with E-state index in [4.69, 9.17) is 4.74 Å². The molecule has 0 radical (unpaired) electrons. The fraction of sp³-hybridized carbons (Fsp3) is 0.333. The number of hydrogen-bond donors (Lipinski definition) is 0. The highest BCUT2D eigenvalue weighted by Gasteiger charge is 2.25. The van der Waals surface area contributed by atoms with Crippen LogP contribution in [0.2, 0.25) is 0 Å². The number of benzene rings is 1. The van der Waals surface area contributed by atoms with E-state index in [1.807, 2.05) is 42.6 Å². The summed E-state index contributed by atoms with van der Waals surface area (Å²) in [4.78, 5) is 28.1. The van der Waals surface area contributed by atoms with Gasteiger partial charge >= 0.3 is 5.97 Å². The summed E-state index contributed by atoms with van der Waals surface area (Å²) in [6, 6.07) is 9.75. The van der Waals surface area contributed by atoms with Gasteiger partial charge < -0.3 is 9.64 Å². The second-order valence-corrected chi connectivity index (χ2v) is 8.14. The molecule has 1 amide bonds. The van der Waals surface area contributed by atoms with Crippen LogP contribution < -0.4 is 4.90 Å². The van der Waals surface area contributed by atoms with Gasteiger partial charge in [0.1, 0.15) is 4.88 Å². The number of para-hydroxylation sites is 1. The maximum atomic E-state index is 12.6. The summed E-state index contributed by atoms with van der Waals surface area (Å²) in [5.41, 5.74) is 1.78. The number of fused-ring (bicyclic) bond motifs is 1. The van der Waals surface area contributed by atoms with Crippen molar-refractivity contribution in [1.82, 2.24) is 0 Å². The number of nitrogens with zero attached hydrogens (tertiary/aromatic N) is 1. The van der Waals surface area contributed by atoms with E-state index >= 15 is 0 Å². The maximum Gasteiger partial charge on any atom is 0.349 e. The van der Waals surface area contributed by atoms with Gasteiger partial charge in [-0.15, -0.1) is 23.1 Å². The Labute approximate surface area is 149 Å². The molecule has 1 aromatic carbocycles. The topological polar surface area (TPSA) is 46.6 Å². The summed E-state index contributed by atoms with van der Waals surface area (Å²) in [6.07, 6.45) is 0.906. The van der Waals surface area contributed by atoms with Crippen molar-refractivity contribution >= 4 is 40.7 Å². The van der Waals surface area contributed by atoms with E-state index in [2.05, 4.69) is 6.92 Å². The van der Waals surface area contributed by atoms with Crippen molar-refractivity contribution in [3.63, 3.8) is 0 Å². The highest BCUT2D eigenvalue weighted by Crippen LogP contribution is 2.37. The van der Waals surface area contributed by atoms with Gasteiger partial charge in [0.05, 0.1) is 5.69 Å². The highest BCUT2D eigenvalue weighted by molar-refractivity contribution is 8.00. The standard InChI is InChI=1S/C18H19NO3S2/c1-12-8-10-23-17(12)18(21)22-11-16(20)19-9-7-13(2)24-15-6-4-3-5-14(15)19/h3-6,8,10,13H,7,9,11H2,1-2H3. The average Bonchev–Trinajstić information content (AvgIpc) is 2.92. The number of esters is 1. The minimum atomic E-state index is -0.429. The maximum absolute atomic E-state index is 12.6. The van der Waals surface area contributed by atoms with Crippen LogP contribution in [0.3, 0.4) is 0 Å². The van der Waals surface area contributed by atoms with Crippen LogP contribution in [0.5, 0.6) is 0 Å². The van der Waals surface area contributed by atoms with Crippen LogP contribution in [0.25, 0.3) is 0 Å². The monoisotopic (exact) mass is 361 g/mol. The van der Waals surface area contributed by atoms with Gasteiger partial charge in [0, 0.05) is 16.7 Å². The predicted molar refractivity (Wildman–Crippen MR) is 98.1 cm³/mol. The lowest BCUT2D eigenvalue weighted by Crippen LogP contribution is -2.35. The van der Waals surface area contributed by atoms with E-state index < -0.39 is 5.97 Å². The Morgan fingerprint density at radius 1 is 1.29 bits per heavy atom. The molecule has 0 N–H and O–H groups in total. The fourth-order valence-electron chi connectivity index (χ4n) is 2.60. The molecule has 0 saturated heterocycles. The zero-order chi connectivity index (χ0) is 17.1. The second-order valence-electron chi connectivity index (χ2n) is 5.74. The number of amides is 1. The fourth-order valence-corrected chi connectivity index (χ4v) is 4.53. The molecule has 0 spiro atoms. The first kappa shape index (κ1) is 17.0. The number of aryl methyl sites for hydroxylation is 1. The molecule has 3 rings (SSSR count). The number of hydrogen-bond acceptors (Lipinski definition) is 5. The lowest BCUT2D eigenvalue weighted by molar-refractivity contribution is -0.121. The van der Waals surface area contributed by atoms with E-state index in [0.29, 0.717) is 16.7 Å². The number of thioether (sulfide) groups is 1. The van der Waals surface area contributed by atoms with Crippen LogP contribution in [-0.2, 0) is 9.53 Å². The number of rotatable bonds is 3. The van der Waals surface area contributed by atoms with E-state index in [1.54, 1.807) is 16.7 Å². The molecular formula is C18H19NO3S2. The Bertz CT molecular complexity index is 756. The third-order valence-corrected chi connectivity index (χ3v) is 6.15. The molecule has 24 heavy (non-hydrogen) atoms. The van der Waals surface area contributed by atoms with Crippen LogP contribution in [0.15, 0.2) is 40.6 Å². The molecule has 1 unspecified atom stereocenters. The van der Waals surface area contributed by atoms with E-state index in [9.17, 15) is 9.59 Å². The molecule has 4 nitrogen and oxygen atoms in total. The zero-order valence-electron chi connectivity index (χ0n) is 13.7. The molecule has 126 valence electrons. The molecule has 0 bridgehead atoms. The SMILES string of the molecule is Cc1ccsc1C(=O)OCC(=O)N1CCC(C)Sc2ccccc21. The van der Waals surface area contributed by atoms with Crippen molar-refractivity contribution < 1.29 is 14.3 Å². The highest BCUT2D eigenvalue weighted by atomic mass is 32.2. The van der Waals surface area contributed by atoms with E-state index in [0.717, 1.165) is 22.6 Å². The van der Waals surface area contributed by atoms with Gasteiger partial charge in [-0.05, 0) is 42.5 Å². The van der Waals surface area contributed by atoms with Crippen LogP contribution in [0.1, 0.15) is 28.6 Å². The summed E-state index contributed by atoms with van der Waals surface area (Å²) in [7, 11) is 0. The summed E-state index contributed by atoms with van der Waals surface area (Å²) in [5.74, 6) is -0.610. The summed E-state index contributed by atoms with van der Waals surface area (Å²) < 4.78 is 5.24.